The van der Waals surface area contributed by atoms with Crippen molar-refractivity contribution in [2.75, 3.05) is 26.7 Å². The number of benzene rings is 1. The van der Waals surface area contributed by atoms with E-state index in [0.29, 0.717) is 0 Å². The van der Waals surface area contributed by atoms with Crippen molar-refractivity contribution in [2.24, 2.45) is 5.92 Å². The summed E-state index contributed by atoms with van der Waals surface area (Å²) in [7, 11) is 2.05. The summed E-state index contributed by atoms with van der Waals surface area (Å²) in [5, 5.41) is 3.26. The molecule has 108 valence electrons. The second-order valence-corrected chi connectivity index (χ2v) is 5.60. The average molecular weight is 283 g/mol. The van der Waals surface area contributed by atoms with Gasteiger partial charge in [0, 0.05) is 6.54 Å². The third-order valence-corrected chi connectivity index (χ3v) is 4.00. The maximum Gasteiger partial charge on any atom is 0.0233 e. The molecule has 1 saturated heterocycles. The lowest BCUT2D eigenvalue weighted by Crippen LogP contribution is -2.34. The second kappa shape index (κ2) is 8.57. The van der Waals surface area contributed by atoms with Gasteiger partial charge in [-0.1, -0.05) is 29.8 Å². The smallest absolute Gasteiger partial charge is 0.0233 e. The van der Waals surface area contributed by atoms with Crippen LogP contribution < -0.4 is 5.32 Å². The first-order valence-electron chi connectivity index (χ1n) is 7.20. The van der Waals surface area contributed by atoms with Gasteiger partial charge in [0.15, 0.2) is 0 Å². The number of halogens is 1. The minimum absolute atomic E-state index is 0. The zero-order valence-corrected chi connectivity index (χ0v) is 13.0. The summed E-state index contributed by atoms with van der Waals surface area (Å²) in [6.45, 7) is 7.00. The SMILES string of the molecule is CNCCC1CCN(Cc2cccc(C)c2)CC1.Cl. The standard InChI is InChI=1S/C16H26N2.ClH/c1-14-4-3-5-16(12-14)13-18-10-7-15(8-11-18)6-9-17-2;/h3-5,12,15,17H,6-11,13H2,1-2H3;1H. The molecule has 1 aromatic rings. The molecule has 1 N–H and O–H groups in total. The van der Waals surface area contributed by atoms with Crippen LogP contribution in [0.4, 0.5) is 0 Å². The molecule has 1 aliphatic heterocycles. The normalized spacial score (nSPS) is 17.2. The molecular weight excluding hydrogens is 256 g/mol. The molecule has 1 heterocycles. The third kappa shape index (κ3) is 5.52. The zero-order valence-electron chi connectivity index (χ0n) is 12.2. The van der Waals surface area contributed by atoms with Crippen molar-refractivity contribution in [1.82, 2.24) is 10.2 Å². The molecule has 0 atom stereocenters. The molecule has 0 aliphatic carbocycles. The second-order valence-electron chi connectivity index (χ2n) is 5.60. The maximum atomic E-state index is 3.26. The van der Waals surface area contributed by atoms with E-state index in [9.17, 15) is 0 Å². The Morgan fingerprint density at radius 1 is 1.26 bits per heavy atom. The quantitative estimate of drug-likeness (QED) is 0.892. The Hall–Kier alpha value is -0.570. The van der Waals surface area contributed by atoms with Crippen LogP contribution in [0.15, 0.2) is 24.3 Å². The van der Waals surface area contributed by atoms with Crippen LogP contribution >= 0.6 is 12.4 Å². The lowest BCUT2D eigenvalue weighted by atomic mass is 9.93. The Morgan fingerprint density at radius 3 is 2.63 bits per heavy atom. The average Bonchev–Trinajstić information content (AvgIpc) is 2.38. The minimum Gasteiger partial charge on any atom is -0.320 e. The van der Waals surface area contributed by atoms with Crippen LogP contribution in [0.1, 0.15) is 30.4 Å². The molecular formula is C16H27ClN2. The topological polar surface area (TPSA) is 15.3 Å². The highest BCUT2D eigenvalue weighted by Crippen LogP contribution is 2.21. The van der Waals surface area contributed by atoms with Gasteiger partial charge in [0.1, 0.15) is 0 Å². The monoisotopic (exact) mass is 282 g/mol. The van der Waals surface area contributed by atoms with Crippen LogP contribution in [0, 0.1) is 12.8 Å². The molecule has 0 aromatic heterocycles. The van der Waals surface area contributed by atoms with Crippen molar-refractivity contribution in [2.45, 2.75) is 32.7 Å². The maximum absolute atomic E-state index is 3.26. The minimum atomic E-state index is 0. The van der Waals surface area contributed by atoms with E-state index < -0.39 is 0 Å². The predicted molar refractivity (Wildman–Crippen MR) is 85.0 cm³/mol. The molecule has 1 aliphatic rings. The van der Waals surface area contributed by atoms with Gasteiger partial charge in [-0.05, 0) is 64.3 Å². The molecule has 0 radical (unpaired) electrons. The van der Waals surface area contributed by atoms with Gasteiger partial charge in [-0.2, -0.15) is 0 Å². The molecule has 0 bridgehead atoms. The molecule has 0 unspecified atom stereocenters. The van der Waals surface area contributed by atoms with E-state index in [2.05, 4.69) is 41.4 Å². The van der Waals surface area contributed by atoms with Crippen molar-refractivity contribution >= 4 is 12.4 Å². The summed E-state index contributed by atoms with van der Waals surface area (Å²) in [4.78, 5) is 2.60. The summed E-state index contributed by atoms with van der Waals surface area (Å²) in [5.41, 5.74) is 2.83. The largest absolute Gasteiger partial charge is 0.320 e. The highest BCUT2D eigenvalue weighted by Gasteiger charge is 2.18. The number of piperidine rings is 1. The number of hydrogen-bond donors (Lipinski definition) is 1. The Bertz CT molecular complexity index is 360. The van der Waals surface area contributed by atoms with Gasteiger partial charge in [-0.15, -0.1) is 12.4 Å². The predicted octanol–water partition coefficient (Wildman–Crippen LogP) is 3.24. The molecule has 3 heteroatoms. The Kier molecular flexibility index (Phi) is 7.44. The molecule has 1 fully saturated rings. The summed E-state index contributed by atoms with van der Waals surface area (Å²) < 4.78 is 0. The number of aryl methyl sites for hydroxylation is 1. The van der Waals surface area contributed by atoms with E-state index in [1.54, 1.807) is 0 Å². The van der Waals surface area contributed by atoms with Crippen molar-refractivity contribution in [3.05, 3.63) is 35.4 Å². The molecule has 2 rings (SSSR count). The number of hydrogen-bond acceptors (Lipinski definition) is 2. The summed E-state index contributed by atoms with van der Waals surface area (Å²) in [6, 6.07) is 8.91. The molecule has 2 nitrogen and oxygen atoms in total. The highest BCUT2D eigenvalue weighted by atomic mass is 35.5. The van der Waals surface area contributed by atoms with Crippen molar-refractivity contribution in [3.63, 3.8) is 0 Å². The van der Waals surface area contributed by atoms with E-state index >= 15 is 0 Å². The fraction of sp³-hybridized carbons (Fsp3) is 0.625. The molecule has 0 spiro atoms. The molecule has 0 amide bonds. The molecule has 0 saturated carbocycles. The van der Waals surface area contributed by atoms with Gasteiger partial charge < -0.3 is 5.32 Å². The van der Waals surface area contributed by atoms with E-state index in [-0.39, 0.29) is 12.4 Å². The van der Waals surface area contributed by atoms with Gasteiger partial charge in [0.2, 0.25) is 0 Å². The van der Waals surface area contributed by atoms with E-state index in [1.807, 2.05) is 7.05 Å². The van der Waals surface area contributed by atoms with Gasteiger partial charge in [0.25, 0.3) is 0 Å². The van der Waals surface area contributed by atoms with Gasteiger partial charge >= 0.3 is 0 Å². The fourth-order valence-electron chi connectivity index (χ4n) is 2.85. The highest BCUT2D eigenvalue weighted by molar-refractivity contribution is 5.85. The van der Waals surface area contributed by atoms with E-state index in [4.69, 9.17) is 0 Å². The van der Waals surface area contributed by atoms with Crippen LogP contribution in [-0.4, -0.2) is 31.6 Å². The summed E-state index contributed by atoms with van der Waals surface area (Å²) in [6.07, 6.45) is 4.08. The fourth-order valence-corrected chi connectivity index (χ4v) is 2.85. The summed E-state index contributed by atoms with van der Waals surface area (Å²) >= 11 is 0. The summed E-state index contributed by atoms with van der Waals surface area (Å²) in [5.74, 6) is 0.936. The number of rotatable bonds is 5. The van der Waals surface area contributed by atoms with Gasteiger partial charge in [-0.3, -0.25) is 4.90 Å². The Labute approximate surface area is 124 Å². The Balaban J connectivity index is 0.00000180. The van der Waals surface area contributed by atoms with Gasteiger partial charge in [0.05, 0.1) is 0 Å². The van der Waals surface area contributed by atoms with Crippen LogP contribution in [0.2, 0.25) is 0 Å². The third-order valence-electron chi connectivity index (χ3n) is 4.00. The van der Waals surface area contributed by atoms with Crippen molar-refractivity contribution < 1.29 is 0 Å². The number of likely N-dealkylation sites (tertiary alicyclic amines) is 1. The van der Waals surface area contributed by atoms with Crippen molar-refractivity contribution in [1.29, 1.82) is 0 Å². The van der Waals surface area contributed by atoms with E-state index in [0.717, 1.165) is 12.5 Å². The first kappa shape index (κ1) is 16.5. The lowest BCUT2D eigenvalue weighted by Gasteiger charge is -2.32. The zero-order chi connectivity index (χ0) is 12.8. The first-order valence-corrected chi connectivity index (χ1v) is 7.20. The van der Waals surface area contributed by atoms with Crippen LogP contribution in [0.5, 0.6) is 0 Å². The van der Waals surface area contributed by atoms with Crippen LogP contribution in [-0.2, 0) is 6.54 Å². The Morgan fingerprint density at radius 2 is 2.00 bits per heavy atom. The lowest BCUT2D eigenvalue weighted by molar-refractivity contribution is 0.172. The number of nitrogens with one attached hydrogen (secondary N) is 1. The molecule has 19 heavy (non-hydrogen) atoms. The van der Waals surface area contributed by atoms with Crippen molar-refractivity contribution in [3.8, 4) is 0 Å². The van der Waals surface area contributed by atoms with Gasteiger partial charge in [-0.25, -0.2) is 0 Å². The van der Waals surface area contributed by atoms with Crippen LogP contribution in [0.25, 0.3) is 0 Å². The van der Waals surface area contributed by atoms with E-state index in [1.165, 1.54) is 50.0 Å². The van der Waals surface area contributed by atoms with Crippen LogP contribution in [0.3, 0.4) is 0 Å². The molecule has 1 aromatic carbocycles. The first-order chi connectivity index (χ1) is 8.78. The number of nitrogens with zero attached hydrogens (tertiary/aromatic N) is 1.